The van der Waals surface area contributed by atoms with Crippen molar-refractivity contribution in [3.05, 3.63) is 29.6 Å². The monoisotopic (exact) mass is 219 g/mol. The van der Waals surface area contributed by atoms with Gasteiger partial charge in [0.2, 0.25) is 0 Å². The van der Waals surface area contributed by atoms with Gasteiger partial charge in [-0.3, -0.25) is 0 Å². The van der Waals surface area contributed by atoms with E-state index in [1.54, 1.807) is 14.1 Å². The molecule has 2 nitrogen and oxygen atoms in total. The lowest BCUT2D eigenvalue weighted by Crippen LogP contribution is -2.16. The first-order chi connectivity index (χ1) is 6.93. The van der Waals surface area contributed by atoms with Gasteiger partial charge >= 0.3 is 0 Å². The van der Waals surface area contributed by atoms with Crippen LogP contribution >= 0.6 is 0 Å². The fourth-order valence-electron chi connectivity index (χ4n) is 1.29. The van der Waals surface area contributed by atoms with Crippen LogP contribution in [0.4, 0.5) is 18.9 Å². The molecule has 84 valence electrons. The second-order valence-corrected chi connectivity index (χ2v) is 3.38. The number of aliphatic hydroxyl groups is 1. The van der Waals surface area contributed by atoms with Crippen LogP contribution in [0.25, 0.3) is 0 Å². The highest BCUT2D eigenvalue weighted by Gasteiger charge is 2.22. The molecule has 1 aromatic carbocycles. The van der Waals surface area contributed by atoms with E-state index in [2.05, 4.69) is 0 Å². The standard InChI is InChI=1S/C10H12F3NO/c1-14(2)8-5-6(11)3-4-7(8)9(15)10(12)13/h3-5,9-10,15H,1-2H3. The highest BCUT2D eigenvalue weighted by Crippen LogP contribution is 2.29. The van der Waals surface area contributed by atoms with Crippen molar-refractivity contribution in [1.82, 2.24) is 0 Å². The minimum absolute atomic E-state index is 0.0244. The first-order valence-electron chi connectivity index (χ1n) is 4.36. The van der Waals surface area contributed by atoms with Crippen LogP contribution in [0.5, 0.6) is 0 Å². The van der Waals surface area contributed by atoms with Gasteiger partial charge in [0.05, 0.1) is 0 Å². The Morgan fingerprint density at radius 1 is 1.27 bits per heavy atom. The van der Waals surface area contributed by atoms with Crippen molar-refractivity contribution in [3.8, 4) is 0 Å². The molecule has 1 unspecified atom stereocenters. The van der Waals surface area contributed by atoms with Gasteiger partial charge in [-0.15, -0.1) is 0 Å². The molecule has 0 aromatic heterocycles. The summed E-state index contributed by atoms with van der Waals surface area (Å²) in [5.74, 6) is -0.524. The summed E-state index contributed by atoms with van der Waals surface area (Å²) in [4.78, 5) is 1.48. The molecule has 1 aromatic rings. The Balaban J connectivity index is 3.16. The fourth-order valence-corrected chi connectivity index (χ4v) is 1.29. The summed E-state index contributed by atoms with van der Waals surface area (Å²) in [5.41, 5.74) is 0.277. The molecule has 1 N–H and O–H groups in total. The van der Waals surface area contributed by atoms with Crippen molar-refractivity contribution in [3.63, 3.8) is 0 Å². The fraction of sp³-hybridized carbons (Fsp3) is 0.400. The predicted molar refractivity (Wildman–Crippen MR) is 51.7 cm³/mol. The maximum absolute atomic E-state index is 12.9. The maximum atomic E-state index is 12.9. The summed E-state index contributed by atoms with van der Waals surface area (Å²) in [6.07, 6.45) is -4.77. The van der Waals surface area contributed by atoms with E-state index >= 15 is 0 Å². The first kappa shape index (κ1) is 11.8. The van der Waals surface area contributed by atoms with E-state index in [4.69, 9.17) is 0 Å². The topological polar surface area (TPSA) is 23.5 Å². The molecule has 1 atom stereocenters. The van der Waals surface area contributed by atoms with E-state index in [0.29, 0.717) is 0 Å². The number of hydrogen-bond acceptors (Lipinski definition) is 2. The Morgan fingerprint density at radius 2 is 1.87 bits per heavy atom. The van der Waals surface area contributed by atoms with Crippen LogP contribution in [0, 0.1) is 5.82 Å². The van der Waals surface area contributed by atoms with E-state index in [1.807, 2.05) is 0 Å². The second-order valence-electron chi connectivity index (χ2n) is 3.38. The van der Waals surface area contributed by atoms with Crippen molar-refractivity contribution in [2.24, 2.45) is 0 Å². The van der Waals surface area contributed by atoms with E-state index < -0.39 is 18.3 Å². The Hall–Kier alpha value is -1.23. The molecule has 15 heavy (non-hydrogen) atoms. The summed E-state index contributed by atoms with van der Waals surface area (Å²) >= 11 is 0. The van der Waals surface area contributed by atoms with E-state index in [9.17, 15) is 18.3 Å². The largest absolute Gasteiger partial charge is 0.382 e. The zero-order valence-corrected chi connectivity index (χ0v) is 8.42. The molecule has 0 spiro atoms. The lowest BCUT2D eigenvalue weighted by Gasteiger charge is -2.20. The van der Waals surface area contributed by atoms with E-state index in [0.717, 1.165) is 12.1 Å². The minimum atomic E-state index is -2.88. The third-order valence-corrected chi connectivity index (χ3v) is 2.03. The molecule has 0 aliphatic heterocycles. The zero-order valence-electron chi connectivity index (χ0n) is 8.42. The third-order valence-electron chi connectivity index (χ3n) is 2.03. The lowest BCUT2D eigenvalue weighted by atomic mass is 10.1. The Labute approximate surface area is 85.9 Å². The highest BCUT2D eigenvalue weighted by atomic mass is 19.3. The van der Waals surface area contributed by atoms with Crippen LogP contribution in [0.1, 0.15) is 11.7 Å². The minimum Gasteiger partial charge on any atom is -0.382 e. The predicted octanol–water partition coefficient (Wildman–Crippen LogP) is 2.19. The molecule has 1 rings (SSSR count). The number of rotatable bonds is 3. The van der Waals surface area contributed by atoms with Crippen LogP contribution in [0.2, 0.25) is 0 Å². The van der Waals surface area contributed by atoms with E-state index in [-0.39, 0.29) is 11.3 Å². The summed E-state index contributed by atoms with van der Waals surface area (Å²) in [6, 6.07) is 3.33. The summed E-state index contributed by atoms with van der Waals surface area (Å²) in [7, 11) is 3.19. The Morgan fingerprint density at radius 3 is 2.33 bits per heavy atom. The van der Waals surface area contributed by atoms with Crippen LogP contribution in [0.3, 0.4) is 0 Å². The third kappa shape index (κ3) is 2.62. The molecule has 5 heteroatoms. The maximum Gasteiger partial charge on any atom is 0.268 e. The van der Waals surface area contributed by atoms with Gasteiger partial charge < -0.3 is 10.0 Å². The number of hydrogen-bond donors (Lipinski definition) is 1. The number of anilines is 1. The first-order valence-corrected chi connectivity index (χ1v) is 4.36. The summed E-state index contributed by atoms with van der Waals surface area (Å²) < 4.78 is 37.5. The van der Waals surface area contributed by atoms with Crippen molar-refractivity contribution in [2.45, 2.75) is 12.5 Å². The molecule has 0 radical (unpaired) electrons. The molecule has 0 bridgehead atoms. The van der Waals surface area contributed by atoms with Gasteiger partial charge in [0.1, 0.15) is 11.9 Å². The van der Waals surface area contributed by atoms with Crippen LogP contribution < -0.4 is 4.90 Å². The average molecular weight is 219 g/mol. The van der Waals surface area contributed by atoms with Crippen LogP contribution in [-0.2, 0) is 0 Å². The van der Waals surface area contributed by atoms with Gasteiger partial charge in [-0.25, -0.2) is 13.2 Å². The number of aliphatic hydroxyl groups excluding tert-OH is 1. The van der Waals surface area contributed by atoms with Crippen molar-refractivity contribution in [2.75, 3.05) is 19.0 Å². The van der Waals surface area contributed by atoms with Crippen molar-refractivity contribution in [1.29, 1.82) is 0 Å². The number of alkyl halides is 2. The molecule has 0 heterocycles. The van der Waals surface area contributed by atoms with Gasteiger partial charge in [0.15, 0.2) is 0 Å². The SMILES string of the molecule is CN(C)c1cc(F)ccc1C(O)C(F)F. The number of halogens is 3. The average Bonchev–Trinajstić information content (AvgIpc) is 2.16. The molecule has 0 amide bonds. The van der Waals surface area contributed by atoms with Gasteiger partial charge in [-0.05, 0) is 12.1 Å². The molecular weight excluding hydrogens is 207 g/mol. The summed E-state index contributed by atoms with van der Waals surface area (Å²) in [5, 5.41) is 9.22. The van der Waals surface area contributed by atoms with Gasteiger partial charge in [-0.2, -0.15) is 0 Å². The molecule has 0 saturated carbocycles. The van der Waals surface area contributed by atoms with Crippen LogP contribution in [-0.4, -0.2) is 25.6 Å². The Kier molecular flexibility index (Phi) is 3.57. The van der Waals surface area contributed by atoms with Gasteiger partial charge in [0.25, 0.3) is 6.43 Å². The lowest BCUT2D eigenvalue weighted by molar-refractivity contribution is -0.00552. The number of benzene rings is 1. The van der Waals surface area contributed by atoms with Crippen molar-refractivity contribution >= 4 is 5.69 Å². The van der Waals surface area contributed by atoms with Gasteiger partial charge in [-0.1, -0.05) is 6.07 Å². The highest BCUT2D eigenvalue weighted by molar-refractivity contribution is 5.54. The molecule has 0 aliphatic carbocycles. The molecule has 0 saturated heterocycles. The van der Waals surface area contributed by atoms with E-state index in [1.165, 1.54) is 11.0 Å². The second kappa shape index (κ2) is 4.53. The quantitative estimate of drug-likeness (QED) is 0.842. The molecule has 0 fully saturated rings. The smallest absolute Gasteiger partial charge is 0.268 e. The zero-order chi connectivity index (χ0) is 11.6. The van der Waals surface area contributed by atoms with Gasteiger partial charge in [0, 0.05) is 25.3 Å². The van der Waals surface area contributed by atoms with Crippen molar-refractivity contribution < 1.29 is 18.3 Å². The normalized spacial score (nSPS) is 13.0. The van der Waals surface area contributed by atoms with Crippen LogP contribution in [0.15, 0.2) is 18.2 Å². The summed E-state index contributed by atoms with van der Waals surface area (Å²) in [6.45, 7) is 0. The number of nitrogens with zero attached hydrogens (tertiary/aromatic N) is 1. The molecular formula is C10H12F3NO. The Bertz CT molecular complexity index is 341. The molecule has 0 aliphatic rings.